The molecule has 4 rings (SSSR count). The number of hydrogen-bond donors (Lipinski definition) is 2. The molecule has 0 bridgehead atoms. The number of rotatable bonds is 4. The molecule has 0 radical (unpaired) electrons. The maximum Gasteiger partial charge on any atom is 0.201 e. The van der Waals surface area contributed by atoms with Crippen molar-refractivity contribution in [1.82, 2.24) is 20.2 Å². The summed E-state index contributed by atoms with van der Waals surface area (Å²) in [5.41, 5.74) is 5.39. The van der Waals surface area contributed by atoms with E-state index in [2.05, 4.69) is 20.2 Å². The minimum Gasteiger partial charge on any atom is -0.454 e. The molecular weight excluding hydrogens is 397 g/mol. The number of anilines is 1. The average molecular weight is 407 g/mol. The number of hydrogen-bond acceptors (Lipinski definition) is 5. The monoisotopic (exact) mass is 407 g/mol. The predicted molar refractivity (Wildman–Crippen MR) is 92.7 cm³/mol. The molecule has 11 heteroatoms. The van der Waals surface area contributed by atoms with Crippen molar-refractivity contribution in [2.75, 3.05) is 5.73 Å². The molecule has 0 aliphatic carbocycles. The van der Waals surface area contributed by atoms with Gasteiger partial charge < -0.3 is 10.5 Å². The smallest absolute Gasteiger partial charge is 0.201 e. The molecule has 0 spiro atoms. The van der Waals surface area contributed by atoms with Crippen LogP contribution in [0.3, 0.4) is 0 Å². The first-order valence-electron chi connectivity index (χ1n) is 8.05. The molecule has 0 aliphatic heterocycles. The van der Waals surface area contributed by atoms with E-state index in [-0.39, 0.29) is 39.9 Å². The van der Waals surface area contributed by atoms with E-state index in [1.165, 1.54) is 18.5 Å². The number of H-pyrrole nitrogens is 1. The topological polar surface area (TPSA) is 89.7 Å². The average Bonchev–Trinajstić information content (AvgIpc) is 3.11. The molecule has 3 N–H and O–H groups in total. The summed E-state index contributed by atoms with van der Waals surface area (Å²) in [6.45, 7) is -1.45. The van der Waals surface area contributed by atoms with Gasteiger partial charge in [0.25, 0.3) is 0 Å². The molecule has 0 aliphatic rings. The van der Waals surface area contributed by atoms with E-state index in [0.717, 1.165) is 6.07 Å². The fourth-order valence-corrected chi connectivity index (χ4v) is 2.80. The molecule has 0 saturated heterocycles. The number of alkyl halides is 1. The number of ether oxygens (including phenoxy) is 1. The standard InChI is InChI=1S/C18H10F5N5O/c19-5-9-11(21)4-12(22)14(23)16(9)29-7-1-2-8(10(20)3-7)15-13-17(24)25-6-26-18(13)28-27-15/h1-4,6H,5H2,(H3,24,25,26,27,28). The van der Waals surface area contributed by atoms with E-state index in [1.54, 1.807) is 0 Å². The number of halogens is 5. The van der Waals surface area contributed by atoms with Crippen molar-refractivity contribution in [1.29, 1.82) is 0 Å². The molecule has 0 saturated carbocycles. The summed E-state index contributed by atoms with van der Waals surface area (Å²) in [6.07, 6.45) is 1.20. The van der Waals surface area contributed by atoms with E-state index in [0.29, 0.717) is 0 Å². The Morgan fingerprint density at radius 1 is 1.00 bits per heavy atom. The van der Waals surface area contributed by atoms with Gasteiger partial charge >= 0.3 is 0 Å². The van der Waals surface area contributed by atoms with E-state index in [4.69, 9.17) is 10.5 Å². The summed E-state index contributed by atoms with van der Waals surface area (Å²) < 4.78 is 73.9. The predicted octanol–water partition coefficient (Wildman–Crippen LogP) is 4.42. The summed E-state index contributed by atoms with van der Waals surface area (Å²) in [6, 6.07) is 3.49. The van der Waals surface area contributed by atoms with Crippen LogP contribution in [0.2, 0.25) is 0 Å². The highest BCUT2D eigenvalue weighted by atomic mass is 19.2. The zero-order chi connectivity index (χ0) is 20.7. The first-order chi connectivity index (χ1) is 13.9. The molecule has 148 valence electrons. The number of nitrogens with two attached hydrogens (primary N) is 1. The summed E-state index contributed by atoms with van der Waals surface area (Å²) in [5.74, 6) is -6.56. The van der Waals surface area contributed by atoms with Crippen LogP contribution in [-0.4, -0.2) is 20.2 Å². The van der Waals surface area contributed by atoms with Gasteiger partial charge in [0.15, 0.2) is 17.2 Å². The van der Waals surface area contributed by atoms with Crippen molar-refractivity contribution < 1.29 is 26.7 Å². The number of fused-ring (bicyclic) bond motifs is 1. The second kappa shape index (κ2) is 7.00. The highest BCUT2D eigenvalue weighted by molar-refractivity contribution is 5.97. The van der Waals surface area contributed by atoms with Gasteiger partial charge in [-0.15, -0.1) is 0 Å². The first-order valence-corrected chi connectivity index (χ1v) is 8.05. The minimum absolute atomic E-state index is 0.0120. The van der Waals surface area contributed by atoms with Crippen LogP contribution in [0.4, 0.5) is 27.8 Å². The minimum atomic E-state index is -1.59. The van der Waals surface area contributed by atoms with Crippen LogP contribution in [0, 0.1) is 23.3 Å². The van der Waals surface area contributed by atoms with Crippen molar-refractivity contribution in [2.24, 2.45) is 0 Å². The second-order valence-electron chi connectivity index (χ2n) is 5.90. The van der Waals surface area contributed by atoms with Gasteiger partial charge in [0.2, 0.25) is 5.82 Å². The fraction of sp³-hybridized carbons (Fsp3) is 0.0556. The zero-order valence-electron chi connectivity index (χ0n) is 14.3. The fourth-order valence-electron chi connectivity index (χ4n) is 2.80. The Morgan fingerprint density at radius 3 is 2.52 bits per heavy atom. The Morgan fingerprint density at radius 2 is 1.79 bits per heavy atom. The lowest BCUT2D eigenvalue weighted by atomic mass is 10.1. The van der Waals surface area contributed by atoms with E-state index in [9.17, 15) is 22.0 Å². The van der Waals surface area contributed by atoms with Gasteiger partial charge in [-0.05, 0) is 12.1 Å². The van der Waals surface area contributed by atoms with Crippen LogP contribution < -0.4 is 10.5 Å². The summed E-state index contributed by atoms with van der Waals surface area (Å²) >= 11 is 0. The van der Waals surface area contributed by atoms with Crippen LogP contribution in [-0.2, 0) is 6.67 Å². The van der Waals surface area contributed by atoms with Crippen LogP contribution >= 0.6 is 0 Å². The van der Waals surface area contributed by atoms with Crippen molar-refractivity contribution in [3.8, 4) is 22.8 Å². The Kier molecular flexibility index (Phi) is 4.49. The maximum absolute atomic E-state index is 14.7. The largest absolute Gasteiger partial charge is 0.454 e. The molecule has 0 amide bonds. The van der Waals surface area contributed by atoms with E-state index < -0.39 is 41.3 Å². The number of nitrogens with zero attached hydrogens (tertiary/aromatic N) is 3. The third-order valence-corrected chi connectivity index (χ3v) is 4.17. The van der Waals surface area contributed by atoms with Crippen molar-refractivity contribution in [2.45, 2.75) is 6.67 Å². The molecule has 0 fully saturated rings. The number of nitrogen functional groups attached to an aromatic ring is 1. The van der Waals surface area contributed by atoms with Gasteiger partial charge in [-0.3, -0.25) is 5.10 Å². The Balaban J connectivity index is 1.76. The molecule has 0 atom stereocenters. The zero-order valence-corrected chi connectivity index (χ0v) is 14.3. The van der Waals surface area contributed by atoms with Crippen LogP contribution in [0.5, 0.6) is 11.5 Å². The van der Waals surface area contributed by atoms with Gasteiger partial charge in [0.05, 0.1) is 16.6 Å². The van der Waals surface area contributed by atoms with Crippen molar-refractivity contribution in [3.05, 3.63) is 59.4 Å². The molecule has 0 unspecified atom stereocenters. The summed E-state index contributed by atoms with van der Waals surface area (Å²) in [7, 11) is 0. The molecule has 6 nitrogen and oxygen atoms in total. The normalized spacial score (nSPS) is 11.2. The number of nitrogens with one attached hydrogen (secondary N) is 1. The summed E-state index contributed by atoms with van der Waals surface area (Å²) in [4.78, 5) is 7.73. The van der Waals surface area contributed by atoms with Crippen LogP contribution in [0.15, 0.2) is 30.6 Å². The van der Waals surface area contributed by atoms with Gasteiger partial charge in [-0.2, -0.15) is 9.49 Å². The molecule has 2 heterocycles. The Labute approximate surface area is 159 Å². The lowest BCUT2D eigenvalue weighted by molar-refractivity contribution is 0.378. The summed E-state index contributed by atoms with van der Waals surface area (Å²) in [5, 5.41) is 6.80. The highest BCUT2D eigenvalue weighted by Gasteiger charge is 2.22. The number of aromatic amines is 1. The quantitative estimate of drug-likeness (QED) is 0.386. The van der Waals surface area contributed by atoms with Crippen molar-refractivity contribution >= 4 is 16.9 Å². The van der Waals surface area contributed by atoms with Crippen molar-refractivity contribution in [3.63, 3.8) is 0 Å². The second-order valence-corrected chi connectivity index (χ2v) is 5.90. The van der Waals surface area contributed by atoms with E-state index >= 15 is 0 Å². The SMILES string of the molecule is Nc1ncnc2n[nH]c(-c3ccc(Oc4c(F)c(F)cc(F)c4CF)cc3F)c12. The van der Waals surface area contributed by atoms with Gasteiger partial charge in [0, 0.05) is 17.7 Å². The number of aromatic nitrogens is 4. The van der Waals surface area contributed by atoms with Gasteiger partial charge in [-0.1, -0.05) is 0 Å². The molecule has 4 aromatic rings. The molecule has 2 aromatic heterocycles. The van der Waals surface area contributed by atoms with Gasteiger partial charge in [-0.25, -0.2) is 27.5 Å². The Bertz CT molecular complexity index is 1240. The maximum atomic E-state index is 14.7. The Hall–Kier alpha value is -3.76. The lowest BCUT2D eigenvalue weighted by Gasteiger charge is -2.12. The van der Waals surface area contributed by atoms with Crippen LogP contribution in [0.1, 0.15) is 5.56 Å². The molecule has 29 heavy (non-hydrogen) atoms. The lowest BCUT2D eigenvalue weighted by Crippen LogP contribution is -2.01. The third kappa shape index (κ3) is 3.10. The molecular formula is C18H10F5N5O. The van der Waals surface area contributed by atoms with E-state index in [1.807, 2.05) is 0 Å². The third-order valence-electron chi connectivity index (χ3n) is 4.17. The van der Waals surface area contributed by atoms with Crippen LogP contribution in [0.25, 0.3) is 22.3 Å². The molecule has 2 aromatic carbocycles. The number of benzene rings is 2. The van der Waals surface area contributed by atoms with Gasteiger partial charge in [0.1, 0.15) is 36.2 Å². The first kappa shape index (κ1) is 18.6. The highest BCUT2D eigenvalue weighted by Crippen LogP contribution is 2.36.